The van der Waals surface area contributed by atoms with E-state index < -0.39 is 10.1 Å². The first-order chi connectivity index (χ1) is 12.5. The molecule has 0 unspecified atom stereocenters. The van der Waals surface area contributed by atoms with Crippen molar-refractivity contribution >= 4 is 23.7 Å². The number of nitrogens with one attached hydrogen (secondary N) is 1. The van der Waals surface area contributed by atoms with Crippen LogP contribution in [0.2, 0.25) is 0 Å². The Morgan fingerprint density at radius 1 is 0.931 bits per heavy atom. The third kappa shape index (κ3) is 14.8. The number of hydrogen-bond donors (Lipinski definition) is 0. The van der Waals surface area contributed by atoms with Gasteiger partial charge < -0.3 is 10.3 Å². The predicted molar refractivity (Wildman–Crippen MR) is 124 cm³/mol. The first-order valence-corrected chi connectivity index (χ1v) is 12.9. The second-order valence-electron chi connectivity index (χ2n) is 8.65. The molecule has 1 N–H and O–H groups in total. The summed E-state index contributed by atoms with van der Waals surface area (Å²) in [7, 11) is -4.14. The monoisotopic (exact) mass is 529 g/mol. The first kappa shape index (κ1) is 30.4. The zero-order valence-corrected chi connectivity index (χ0v) is 21.9. The topological polar surface area (TPSA) is 81.0 Å². The zero-order chi connectivity index (χ0) is 22.2. The predicted octanol–water partition coefficient (Wildman–Crippen LogP) is 6.42. The van der Waals surface area contributed by atoms with Gasteiger partial charge in [-0.3, -0.25) is 0 Å². The van der Waals surface area contributed by atoms with Crippen molar-refractivity contribution in [3.63, 3.8) is 0 Å². The van der Waals surface area contributed by atoms with Crippen LogP contribution in [0.15, 0.2) is 48.5 Å². The summed E-state index contributed by atoms with van der Waals surface area (Å²) in [6.45, 7) is 16.6. The van der Waals surface area contributed by atoms with Crippen LogP contribution < -0.4 is 0 Å². The van der Waals surface area contributed by atoms with Gasteiger partial charge in [-0.25, -0.2) is 8.42 Å². The van der Waals surface area contributed by atoms with E-state index in [0.29, 0.717) is 22.3 Å². The molecule has 2 aromatic rings. The SMILES string of the molecule is CS(=O)(=O)[O-].C[PH+](C(C)(C)C)C(C)(C)C.[NH-]c1ccccc1-c1[c-]cccc1.[Pd+2]. The van der Waals surface area contributed by atoms with Gasteiger partial charge in [-0.2, -0.15) is 5.69 Å². The molecule has 2 rings (SSSR count). The van der Waals surface area contributed by atoms with Crippen molar-refractivity contribution in [2.75, 3.05) is 12.9 Å². The van der Waals surface area contributed by atoms with E-state index in [-0.39, 0.29) is 28.3 Å². The minimum Gasteiger partial charge on any atom is -0.748 e. The molecule has 7 heteroatoms. The fourth-order valence-corrected chi connectivity index (χ4v) is 4.65. The van der Waals surface area contributed by atoms with E-state index in [1.54, 1.807) is 6.07 Å². The molecular weight excluding hydrogens is 496 g/mol. The Balaban J connectivity index is 0. The van der Waals surface area contributed by atoms with Gasteiger partial charge in [0.1, 0.15) is 0 Å². The van der Waals surface area contributed by atoms with Crippen LogP contribution in [0.1, 0.15) is 41.5 Å². The minimum atomic E-state index is -3.92. The fraction of sp³-hybridized carbons (Fsp3) is 0.455. The van der Waals surface area contributed by atoms with E-state index in [2.05, 4.69) is 54.3 Å². The van der Waals surface area contributed by atoms with Crippen molar-refractivity contribution in [1.29, 1.82) is 0 Å². The van der Waals surface area contributed by atoms with Crippen molar-refractivity contribution in [3.8, 4) is 11.1 Å². The van der Waals surface area contributed by atoms with Crippen LogP contribution in [0.5, 0.6) is 0 Å². The van der Waals surface area contributed by atoms with Crippen molar-refractivity contribution in [1.82, 2.24) is 0 Å². The van der Waals surface area contributed by atoms with Gasteiger partial charge in [0.15, 0.2) is 0 Å². The molecule has 4 nitrogen and oxygen atoms in total. The first-order valence-electron chi connectivity index (χ1n) is 9.06. The van der Waals surface area contributed by atoms with Crippen LogP contribution in [0.25, 0.3) is 16.9 Å². The second kappa shape index (κ2) is 12.8. The van der Waals surface area contributed by atoms with E-state index in [4.69, 9.17) is 18.7 Å². The Morgan fingerprint density at radius 2 is 1.34 bits per heavy atom. The Bertz CT molecular complexity index is 792. The van der Waals surface area contributed by atoms with Crippen molar-refractivity contribution in [3.05, 3.63) is 60.3 Å². The van der Waals surface area contributed by atoms with Crippen molar-refractivity contribution in [2.24, 2.45) is 0 Å². The maximum atomic E-state index is 9.08. The number of hydrogen-bond acceptors (Lipinski definition) is 3. The smallest absolute Gasteiger partial charge is 0.748 e. The van der Waals surface area contributed by atoms with Crippen LogP contribution in [-0.4, -0.2) is 36.2 Å². The largest absolute Gasteiger partial charge is 2.00 e. The Labute approximate surface area is 192 Å². The van der Waals surface area contributed by atoms with Crippen LogP contribution in [0.3, 0.4) is 0 Å². The molecule has 0 fully saturated rings. The average Bonchev–Trinajstić information content (AvgIpc) is 2.53. The summed E-state index contributed by atoms with van der Waals surface area (Å²) in [6, 6.07) is 18.4. The van der Waals surface area contributed by atoms with Crippen LogP contribution >= 0.6 is 7.92 Å². The van der Waals surface area contributed by atoms with Gasteiger partial charge in [-0.1, -0.05) is 24.3 Å². The fourth-order valence-electron chi connectivity index (χ4n) is 2.40. The summed E-state index contributed by atoms with van der Waals surface area (Å²) in [6.07, 6.45) is 0.604. The molecule has 0 bridgehead atoms. The Morgan fingerprint density at radius 3 is 1.66 bits per heavy atom. The van der Waals surface area contributed by atoms with Gasteiger partial charge in [0.25, 0.3) is 0 Å². The third-order valence-corrected chi connectivity index (χ3v) is 8.68. The van der Waals surface area contributed by atoms with Gasteiger partial charge in [0, 0.05) is 20.8 Å². The van der Waals surface area contributed by atoms with Crippen molar-refractivity contribution < 1.29 is 33.4 Å². The van der Waals surface area contributed by atoms with E-state index in [1.807, 2.05) is 42.5 Å². The molecule has 0 aliphatic heterocycles. The molecule has 0 heterocycles. The molecule has 0 aromatic heterocycles. The zero-order valence-electron chi connectivity index (χ0n) is 18.6. The Kier molecular flexibility index (Phi) is 13.5. The molecule has 0 aliphatic rings. The summed E-state index contributed by atoms with van der Waals surface area (Å²) < 4.78 is 27.2. The van der Waals surface area contributed by atoms with E-state index in [0.717, 1.165) is 11.1 Å². The molecule has 0 aliphatic carbocycles. The summed E-state index contributed by atoms with van der Waals surface area (Å²) in [5, 5.41) is 1.09. The second-order valence-corrected chi connectivity index (χ2v) is 14.3. The van der Waals surface area contributed by atoms with Crippen LogP contribution in [0.4, 0.5) is 5.69 Å². The average molecular weight is 530 g/mol. The standard InChI is InChI=1S/C12H9N.C9H21P.CH4O3S.Pd/c13-12-9-5-4-8-11(12)10-6-2-1-3-7-10;1-8(2,3)10(7)9(4,5)6;1-5(2,3)4;/h1-6,8-9,13H;1-7H3;1H3,(H,2,3,4);/q-2;;;+2. The minimum absolute atomic E-state index is 0. The van der Waals surface area contributed by atoms with E-state index in [1.165, 1.54) is 0 Å². The summed E-state index contributed by atoms with van der Waals surface area (Å²) in [4.78, 5) is 0. The molecule has 29 heavy (non-hydrogen) atoms. The van der Waals surface area contributed by atoms with Crippen LogP contribution in [-0.2, 0) is 30.5 Å². The Hall–Kier alpha value is -0.758. The molecule has 0 amide bonds. The van der Waals surface area contributed by atoms with Crippen molar-refractivity contribution in [2.45, 2.75) is 51.9 Å². The van der Waals surface area contributed by atoms with E-state index >= 15 is 0 Å². The molecule has 2 aromatic carbocycles. The molecule has 0 saturated carbocycles. The van der Waals surface area contributed by atoms with Gasteiger partial charge in [-0.05, 0) is 41.5 Å². The maximum Gasteiger partial charge on any atom is 2.00 e. The summed E-state index contributed by atoms with van der Waals surface area (Å²) in [5.74, 6) is 0. The third-order valence-electron chi connectivity index (χ3n) is 4.18. The van der Waals surface area contributed by atoms with Gasteiger partial charge in [-0.15, -0.1) is 41.5 Å². The number of rotatable bonds is 1. The maximum absolute atomic E-state index is 9.08. The molecule has 0 radical (unpaired) electrons. The molecule has 166 valence electrons. The van der Waals surface area contributed by atoms with Gasteiger partial charge >= 0.3 is 20.4 Å². The van der Waals surface area contributed by atoms with E-state index in [9.17, 15) is 0 Å². The normalized spacial score (nSPS) is 11.4. The summed E-state index contributed by atoms with van der Waals surface area (Å²) in [5.41, 5.74) is 10.1. The molecular formula is C22H34NO3PPdS. The molecule has 0 atom stereocenters. The van der Waals surface area contributed by atoms with Gasteiger partial charge in [0.05, 0.1) is 20.4 Å². The number of benzene rings is 2. The molecule has 0 saturated heterocycles. The quantitative estimate of drug-likeness (QED) is 0.185. The van der Waals surface area contributed by atoms with Gasteiger partial charge in [0.2, 0.25) is 0 Å². The summed E-state index contributed by atoms with van der Waals surface area (Å²) >= 11 is 0. The molecule has 0 spiro atoms. The van der Waals surface area contributed by atoms with Crippen LogP contribution in [0, 0.1) is 6.07 Å².